The van der Waals surface area contributed by atoms with Gasteiger partial charge in [0.2, 0.25) is 5.91 Å². The highest BCUT2D eigenvalue weighted by Crippen LogP contribution is 2.34. The second-order valence-corrected chi connectivity index (χ2v) is 6.06. The maximum atomic E-state index is 12.4. The third-order valence-corrected chi connectivity index (χ3v) is 4.45. The molecule has 1 aromatic rings. The molecule has 1 aromatic carbocycles. The van der Waals surface area contributed by atoms with Crippen molar-refractivity contribution < 1.29 is 14.7 Å². The maximum Gasteiger partial charge on any atom is 0.320 e. The summed E-state index contributed by atoms with van der Waals surface area (Å²) < 4.78 is 0. The van der Waals surface area contributed by atoms with Crippen molar-refractivity contribution in [1.82, 2.24) is 5.32 Å². The van der Waals surface area contributed by atoms with Gasteiger partial charge in [0, 0.05) is 17.2 Å². The lowest BCUT2D eigenvalue weighted by Crippen LogP contribution is -2.46. The van der Waals surface area contributed by atoms with E-state index >= 15 is 0 Å². The standard InChI is InChI=1S/C15H20N2O3S/c1-2-5-11(15(19)20)16-10-14(18)17-8-9-21-13-7-4-3-6-12(13)17/h3-4,6-7,11,16H,2,5,8-10H2,1H3,(H,19,20). The third-order valence-electron chi connectivity index (χ3n) is 3.40. The number of carboxylic acid groups (broad SMARTS) is 1. The van der Waals surface area contributed by atoms with Gasteiger partial charge in [-0.2, -0.15) is 0 Å². The van der Waals surface area contributed by atoms with E-state index in [0.717, 1.165) is 22.8 Å². The SMILES string of the molecule is CCCC(NCC(=O)N1CCSc2ccccc21)C(=O)O. The number of anilines is 1. The van der Waals surface area contributed by atoms with Crippen molar-refractivity contribution in [3.8, 4) is 0 Å². The van der Waals surface area contributed by atoms with Crippen LogP contribution >= 0.6 is 11.8 Å². The fourth-order valence-electron chi connectivity index (χ4n) is 2.34. The Morgan fingerprint density at radius 2 is 2.19 bits per heavy atom. The molecule has 1 aliphatic heterocycles. The number of thioether (sulfide) groups is 1. The summed E-state index contributed by atoms with van der Waals surface area (Å²) in [6.07, 6.45) is 1.29. The number of rotatable bonds is 6. The minimum absolute atomic E-state index is 0.0516. The molecule has 5 nitrogen and oxygen atoms in total. The highest BCUT2D eigenvalue weighted by Gasteiger charge is 2.24. The zero-order valence-electron chi connectivity index (χ0n) is 12.0. The van der Waals surface area contributed by atoms with Gasteiger partial charge in [0.15, 0.2) is 0 Å². The van der Waals surface area contributed by atoms with Gasteiger partial charge in [-0.25, -0.2) is 0 Å². The second kappa shape index (κ2) is 7.47. The average Bonchev–Trinajstić information content (AvgIpc) is 2.50. The molecule has 1 unspecified atom stereocenters. The zero-order chi connectivity index (χ0) is 15.2. The van der Waals surface area contributed by atoms with Crippen LogP contribution in [0, 0.1) is 0 Å². The molecule has 0 spiro atoms. The molecule has 2 rings (SSSR count). The minimum atomic E-state index is -0.903. The predicted octanol–water partition coefficient (Wildman–Crippen LogP) is 1.97. The number of carbonyl (C=O) groups is 2. The van der Waals surface area contributed by atoms with Gasteiger partial charge in [-0.3, -0.25) is 14.9 Å². The summed E-state index contributed by atoms with van der Waals surface area (Å²) in [5, 5.41) is 11.9. The van der Waals surface area contributed by atoms with Gasteiger partial charge in [0.05, 0.1) is 12.2 Å². The number of aliphatic carboxylic acids is 1. The highest BCUT2D eigenvalue weighted by molar-refractivity contribution is 7.99. The van der Waals surface area contributed by atoms with Gasteiger partial charge in [0.1, 0.15) is 6.04 Å². The fourth-order valence-corrected chi connectivity index (χ4v) is 3.33. The number of nitrogens with zero attached hydrogens (tertiary/aromatic N) is 1. The van der Waals surface area contributed by atoms with Crippen LogP contribution in [0.3, 0.4) is 0 Å². The first-order valence-corrected chi connectivity index (χ1v) is 8.10. The van der Waals surface area contributed by atoms with E-state index in [-0.39, 0.29) is 12.5 Å². The van der Waals surface area contributed by atoms with Crippen LogP contribution < -0.4 is 10.2 Å². The summed E-state index contributed by atoms with van der Waals surface area (Å²) in [5.41, 5.74) is 0.919. The quantitative estimate of drug-likeness (QED) is 0.841. The average molecular weight is 308 g/mol. The van der Waals surface area contributed by atoms with E-state index in [1.807, 2.05) is 31.2 Å². The Kier molecular flexibility index (Phi) is 5.64. The Morgan fingerprint density at radius 1 is 1.43 bits per heavy atom. The number of amides is 1. The molecule has 114 valence electrons. The number of nitrogens with one attached hydrogen (secondary N) is 1. The molecule has 0 aliphatic carbocycles. The molecule has 0 aromatic heterocycles. The lowest BCUT2D eigenvalue weighted by molar-refractivity contribution is -0.139. The molecule has 0 bridgehead atoms. The van der Waals surface area contributed by atoms with Crippen molar-refractivity contribution in [1.29, 1.82) is 0 Å². The van der Waals surface area contributed by atoms with Crippen molar-refractivity contribution in [2.75, 3.05) is 23.7 Å². The van der Waals surface area contributed by atoms with Crippen molar-refractivity contribution >= 4 is 29.3 Å². The van der Waals surface area contributed by atoms with E-state index in [1.54, 1.807) is 16.7 Å². The molecule has 21 heavy (non-hydrogen) atoms. The lowest BCUT2D eigenvalue weighted by Gasteiger charge is -2.29. The number of benzene rings is 1. The van der Waals surface area contributed by atoms with Gasteiger partial charge in [0.25, 0.3) is 0 Å². The summed E-state index contributed by atoms with van der Waals surface area (Å²) in [4.78, 5) is 26.3. The van der Waals surface area contributed by atoms with Gasteiger partial charge in [-0.15, -0.1) is 11.8 Å². The molecule has 0 saturated carbocycles. The topological polar surface area (TPSA) is 69.6 Å². The Bertz CT molecular complexity index is 521. The minimum Gasteiger partial charge on any atom is -0.480 e. The van der Waals surface area contributed by atoms with Gasteiger partial charge in [-0.1, -0.05) is 25.5 Å². The zero-order valence-corrected chi connectivity index (χ0v) is 12.9. The molecule has 1 amide bonds. The van der Waals surface area contributed by atoms with Crippen LogP contribution in [0.15, 0.2) is 29.2 Å². The van der Waals surface area contributed by atoms with Gasteiger partial charge < -0.3 is 10.0 Å². The number of para-hydroxylation sites is 1. The van der Waals surface area contributed by atoms with E-state index < -0.39 is 12.0 Å². The van der Waals surface area contributed by atoms with E-state index in [1.165, 1.54) is 0 Å². The first-order chi connectivity index (χ1) is 10.1. The van der Waals surface area contributed by atoms with Gasteiger partial charge in [-0.05, 0) is 18.6 Å². The fraction of sp³-hybridized carbons (Fsp3) is 0.467. The number of carboxylic acids is 1. The Labute approximate surface area is 128 Å². The van der Waals surface area contributed by atoms with Crippen LogP contribution in [0.4, 0.5) is 5.69 Å². The molecule has 0 saturated heterocycles. The summed E-state index contributed by atoms with van der Waals surface area (Å²) in [7, 11) is 0. The first-order valence-electron chi connectivity index (χ1n) is 7.12. The molecule has 1 atom stereocenters. The van der Waals surface area contributed by atoms with E-state index in [4.69, 9.17) is 5.11 Å². The molecular weight excluding hydrogens is 288 g/mol. The van der Waals surface area contributed by atoms with Gasteiger partial charge >= 0.3 is 5.97 Å². The van der Waals surface area contributed by atoms with E-state index in [2.05, 4.69) is 5.32 Å². The van der Waals surface area contributed by atoms with Crippen molar-refractivity contribution in [3.05, 3.63) is 24.3 Å². The van der Waals surface area contributed by atoms with E-state index in [0.29, 0.717) is 13.0 Å². The van der Waals surface area contributed by atoms with Crippen molar-refractivity contribution in [2.45, 2.75) is 30.7 Å². The molecule has 6 heteroatoms. The second-order valence-electron chi connectivity index (χ2n) is 4.92. The molecule has 0 radical (unpaired) electrons. The number of hydrogen-bond acceptors (Lipinski definition) is 4. The molecular formula is C15H20N2O3S. The van der Waals surface area contributed by atoms with Crippen LogP contribution in [-0.2, 0) is 9.59 Å². The third kappa shape index (κ3) is 3.98. The normalized spacial score (nSPS) is 15.4. The molecule has 1 heterocycles. The molecule has 0 fully saturated rings. The highest BCUT2D eigenvalue weighted by atomic mass is 32.2. The Morgan fingerprint density at radius 3 is 2.90 bits per heavy atom. The Hall–Kier alpha value is -1.53. The van der Waals surface area contributed by atoms with Crippen LogP contribution in [0.25, 0.3) is 0 Å². The predicted molar refractivity (Wildman–Crippen MR) is 83.9 cm³/mol. The van der Waals surface area contributed by atoms with Crippen molar-refractivity contribution in [2.24, 2.45) is 0 Å². The number of carbonyl (C=O) groups excluding carboxylic acids is 1. The molecule has 1 aliphatic rings. The molecule has 2 N–H and O–H groups in total. The summed E-state index contributed by atoms with van der Waals surface area (Å²) in [5.74, 6) is -0.121. The Balaban J connectivity index is 2.00. The summed E-state index contributed by atoms with van der Waals surface area (Å²) in [6.45, 7) is 2.64. The number of hydrogen-bond donors (Lipinski definition) is 2. The van der Waals surface area contributed by atoms with Crippen LogP contribution in [0.2, 0.25) is 0 Å². The lowest BCUT2D eigenvalue weighted by atomic mass is 10.1. The van der Waals surface area contributed by atoms with Crippen molar-refractivity contribution in [3.63, 3.8) is 0 Å². The first kappa shape index (κ1) is 15.9. The smallest absolute Gasteiger partial charge is 0.320 e. The maximum absolute atomic E-state index is 12.4. The summed E-state index contributed by atoms with van der Waals surface area (Å²) in [6, 6.07) is 7.15. The van der Waals surface area contributed by atoms with Crippen LogP contribution in [0.1, 0.15) is 19.8 Å². The van der Waals surface area contributed by atoms with Crippen LogP contribution in [0.5, 0.6) is 0 Å². The largest absolute Gasteiger partial charge is 0.480 e. The number of fused-ring (bicyclic) bond motifs is 1. The summed E-state index contributed by atoms with van der Waals surface area (Å²) >= 11 is 1.74. The monoisotopic (exact) mass is 308 g/mol. The van der Waals surface area contributed by atoms with E-state index in [9.17, 15) is 9.59 Å². The van der Waals surface area contributed by atoms with Crippen LogP contribution in [-0.4, -0.2) is 41.9 Å².